The minimum atomic E-state index is -0.438. The number of rotatable bonds is 4. The maximum absolute atomic E-state index is 12.5. The number of Topliss-reactive ketones (excluding diaryl/α,β-unsaturated/α-hetero) is 1. The molecule has 1 aromatic rings. The van der Waals surface area contributed by atoms with E-state index in [2.05, 4.69) is 13.0 Å². The Morgan fingerprint density at radius 3 is 2.18 bits per heavy atom. The smallest absolute Gasteiger partial charge is 0.170 e. The molecule has 94 valence electrons. The number of hydrogen-bond donors (Lipinski definition) is 1. The van der Waals surface area contributed by atoms with Crippen molar-refractivity contribution >= 4 is 5.78 Å². The van der Waals surface area contributed by atoms with Crippen molar-refractivity contribution in [1.82, 2.24) is 0 Å². The van der Waals surface area contributed by atoms with E-state index in [1.54, 1.807) is 0 Å². The number of aryl methyl sites for hydroxylation is 3. The SMILES string of the molecule is CCC(C)(CN)C(=O)c1cc(C)c(C)cc1C. The summed E-state index contributed by atoms with van der Waals surface area (Å²) in [6, 6.07) is 4.08. The van der Waals surface area contributed by atoms with Crippen molar-refractivity contribution in [3.8, 4) is 0 Å². The van der Waals surface area contributed by atoms with Crippen LogP contribution in [0.3, 0.4) is 0 Å². The average Bonchev–Trinajstić information content (AvgIpc) is 2.32. The average molecular weight is 233 g/mol. The molecule has 0 aliphatic heterocycles. The van der Waals surface area contributed by atoms with Crippen molar-refractivity contribution in [2.75, 3.05) is 6.54 Å². The predicted octanol–water partition coefficient (Wildman–Crippen LogP) is 3.17. The van der Waals surface area contributed by atoms with E-state index in [1.807, 2.05) is 33.8 Å². The quantitative estimate of drug-likeness (QED) is 0.812. The second-order valence-corrected chi connectivity index (χ2v) is 5.20. The van der Waals surface area contributed by atoms with Crippen LogP contribution in [0, 0.1) is 26.2 Å². The summed E-state index contributed by atoms with van der Waals surface area (Å²) in [4.78, 5) is 12.5. The van der Waals surface area contributed by atoms with Crippen LogP contribution in [0.5, 0.6) is 0 Å². The summed E-state index contributed by atoms with van der Waals surface area (Å²) in [5.41, 5.74) is 9.57. The fourth-order valence-electron chi connectivity index (χ4n) is 1.93. The van der Waals surface area contributed by atoms with Crippen molar-refractivity contribution in [3.63, 3.8) is 0 Å². The van der Waals surface area contributed by atoms with Gasteiger partial charge in [-0.15, -0.1) is 0 Å². The van der Waals surface area contributed by atoms with E-state index >= 15 is 0 Å². The van der Waals surface area contributed by atoms with E-state index in [9.17, 15) is 4.79 Å². The highest BCUT2D eigenvalue weighted by molar-refractivity contribution is 6.01. The summed E-state index contributed by atoms with van der Waals surface area (Å²) in [5, 5.41) is 0. The highest BCUT2D eigenvalue weighted by Gasteiger charge is 2.31. The Labute approximate surface area is 104 Å². The first-order valence-corrected chi connectivity index (χ1v) is 6.18. The predicted molar refractivity (Wildman–Crippen MR) is 72.4 cm³/mol. The Morgan fingerprint density at radius 2 is 1.71 bits per heavy atom. The van der Waals surface area contributed by atoms with Crippen LogP contribution in [-0.2, 0) is 0 Å². The molecule has 0 amide bonds. The van der Waals surface area contributed by atoms with Crippen LogP contribution in [0.2, 0.25) is 0 Å². The third-order valence-electron chi connectivity index (χ3n) is 3.86. The number of hydrogen-bond acceptors (Lipinski definition) is 2. The molecule has 17 heavy (non-hydrogen) atoms. The number of carbonyl (C=O) groups excluding carboxylic acids is 1. The maximum atomic E-state index is 12.5. The number of nitrogens with two attached hydrogens (primary N) is 1. The van der Waals surface area contributed by atoms with Gasteiger partial charge in [0.05, 0.1) is 0 Å². The molecule has 0 saturated heterocycles. The van der Waals surface area contributed by atoms with Gasteiger partial charge in [-0.1, -0.05) is 19.9 Å². The fraction of sp³-hybridized carbons (Fsp3) is 0.533. The minimum absolute atomic E-state index is 0.170. The van der Waals surface area contributed by atoms with Crippen LogP contribution < -0.4 is 5.73 Å². The largest absolute Gasteiger partial charge is 0.329 e. The van der Waals surface area contributed by atoms with E-state index in [0.29, 0.717) is 6.54 Å². The van der Waals surface area contributed by atoms with E-state index in [4.69, 9.17) is 5.73 Å². The number of benzene rings is 1. The lowest BCUT2D eigenvalue weighted by molar-refractivity contribution is 0.0819. The van der Waals surface area contributed by atoms with Crippen LogP contribution in [0.15, 0.2) is 12.1 Å². The van der Waals surface area contributed by atoms with Gasteiger partial charge >= 0.3 is 0 Å². The molecule has 0 radical (unpaired) electrons. The summed E-state index contributed by atoms with van der Waals surface area (Å²) in [7, 11) is 0. The van der Waals surface area contributed by atoms with Gasteiger partial charge in [0.15, 0.2) is 5.78 Å². The second kappa shape index (κ2) is 5.01. The molecule has 1 rings (SSSR count). The normalized spacial score (nSPS) is 14.5. The first-order valence-electron chi connectivity index (χ1n) is 6.18. The molecule has 0 aliphatic carbocycles. The monoisotopic (exact) mass is 233 g/mol. The van der Waals surface area contributed by atoms with Crippen molar-refractivity contribution in [2.24, 2.45) is 11.1 Å². The summed E-state index contributed by atoms with van der Waals surface area (Å²) >= 11 is 0. The lowest BCUT2D eigenvalue weighted by Gasteiger charge is -2.26. The Hall–Kier alpha value is -1.15. The third kappa shape index (κ3) is 2.58. The van der Waals surface area contributed by atoms with E-state index in [1.165, 1.54) is 5.56 Å². The molecule has 0 heterocycles. The summed E-state index contributed by atoms with van der Waals surface area (Å²) < 4.78 is 0. The van der Waals surface area contributed by atoms with Gasteiger partial charge in [-0.05, 0) is 49.9 Å². The lowest BCUT2D eigenvalue weighted by atomic mass is 9.78. The standard InChI is InChI=1S/C15H23NO/c1-6-15(5,9-16)14(17)13-8-11(3)10(2)7-12(13)4/h7-8H,6,9,16H2,1-5H3. The molecule has 0 fully saturated rings. The Morgan fingerprint density at radius 1 is 1.18 bits per heavy atom. The summed E-state index contributed by atoms with van der Waals surface area (Å²) in [6.07, 6.45) is 0.773. The zero-order chi connectivity index (χ0) is 13.2. The van der Waals surface area contributed by atoms with Crippen LogP contribution in [0.25, 0.3) is 0 Å². The molecule has 1 aromatic carbocycles. The molecule has 1 atom stereocenters. The van der Waals surface area contributed by atoms with Crippen molar-refractivity contribution in [2.45, 2.75) is 41.0 Å². The van der Waals surface area contributed by atoms with Gasteiger partial charge in [-0.25, -0.2) is 0 Å². The van der Waals surface area contributed by atoms with Crippen LogP contribution >= 0.6 is 0 Å². The molecule has 1 unspecified atom stereocenters. The van der Waals surface area contributed by atoms with Gasteiger partial charge < -0.3 is 5.73 Å². The third-order valence-corrected chi connectivity index (χ3v) is 3.86. The van der Waals surface area contributed by atoms with Crippen LogP contribution in [0.1, 0.15) is 47.3 Å². The Kier molecular flexibility index (Phi) is 4.10. The maximum Gasteiger partial charge on any atom is 0.170 e. The fourth-order valence-corrected chi connectivity index (χ4v) is 1.93. The first kappa shape index (κ1) is 13.9. The first-order chi connectivity index (χ1) is 7.85. The molecule has 2 nitrogen and oxygen atoms in total. The van der Waals surface area contributed by atoms with Crippen molar-refractivity contribution < 1.29 is 4.79 Å². The highest BCUT2D eigenvalue weighted by atomic mass is 16.1. The van der Waals surface area contributed by atoms with Crippen molar-refractivity contribution in [3.05, 3.63) is 34.4 Å². The molecule has 0 spiro atoms. The molecule has 0 aliphatic rings. The van der Waals surface area contributed by atoms with Crippen LogP contribution in [0.4, 0.5) is 0 Å². The van der Waals surface area contributed by atoms with Crippen LogP contribution in [-0.4, -0.2) is 12.3 Å². The van der Waals surface area contributed by atoms with E-state index < -0.39 is 5.41 Å². The van der Waals surface area contributed by atoms with E-state index in [-0.39, 0.29) is 5.78 Å². The van der Waals surface area contributed by atoms with Gasteiger partial charge in [-0.2, -0.15) is 0 Å². The molecule has 0 saturated carbocycles. The topological polar surface area (TPSA) is 43.1 Å². The summed E-state index contributed by atoms with van der Waals surface area (Å²) in [5.74, 6) is 0.170. The molecule has 2 heteroatoms. The van der Waals surface area contributed by atoms with Gasteiger partial charge in [0.25, 0.3) is 0 Å². The second-order valence-electron chi connectivity index (χ2n) is 5.20. The minimum Gasteiger partial charge on any atom is -0.329 e. The molecule has 2 N–H and O–H groups in total. The van der Waals surface area contributed by atoms with Gasteiger partial charge in [0.2, 0.25) is 0 Å². The van der Waals surface area contributed by atoms with Gasteiger partial charge in [0.1, 0.15) is 0 Å². The zero-order valence-corrected chi connectivity index (χ0v) is 11.6. The number of carbonyl (C=O) groups is 1. The molecular formula is C15H23NO. The molecule has 0 aromatic heterocycles. The van der Waals surface area contributed by atoms with Crippen molar-refractivity contribution in [1.29, 1.82) is 0 Å². The molecular weight excluding hydrogens is 210 g/mol. The lowest BCUT2D eigenvalue weighted by Crippen LogP contribution is -2.35. The summed E-state index contributed by atoms with van der Waals surface area (Å²) in [6.45, 7) is 10.5. The zero-order valence-electron chi connectivity index (χ0n) is 11.6. The number of ketones is 1. The molecule has 0 bridgehead atoms. The Bertz CT molecular complexity index is 431. The highest BCUT2D eigenvalue weighted by Crippen LogP contribution is 2.28. The van der Waals surface area contributed by atoms with Gasteiger partial charge in [0, 0.05) is 17.5 Å². The van der Waals surface area contributed by atoms with Gasteiger partial charge in [-0.3, -0.25) is 4.79 Å². The Balaban J connectivity index is 3.26. The van der Waals surface area contributed by atoms with E-state index in [0.717, 1.165) is 23.1 Å².